The lowest BCUT2D eigenvalue weighted by atomic mass is 9.87. The predicted molar refractivity (Wildman–Crippen MR) is 72.7 cm³/mol. The highest BCUT2D eigenvalue weighted by molar-refractivity contribution is 6.20. The Morgan fingerprint density at radius 2 is 1.94 bits per heavy atom. The second-order valence-corrected chi connectivity index (χ2v) is 6.38. The third-order valence-corrected chi connectivity index (χ3v) is 4.77. The summed E-state index contributed by atoms with van der Waals surface area (Å²) in [5, 5.41) is 4.16. The van der Waals surface area contributed by atoms with E-state index in [4.69, 9.17) is 16.3 Å². The fourth-order valence-electron chi connectivity index (χ4n) is 3.29. The van der Waals surface area contributed by atoms with Crippen molar-refractivity contribution in [2.75, 3.05) is 13.7 Å². The standard InChI is InChI=1S/C14H26ClNO/c1-17-14-7-3-6-13(9-14)16-10-11-4-2-5-12(15)8-11/h11-14,16H,2-10H2,1H3. The van der Waals surface area contributed by atoms with Gasteiger partial charge in [0.05, 0.1) is 6.10 Å². The number of halogens is 1. The molecule has 3 heteroatoms. The summed E-state index contributed by atoms with van der Waals surface area (Å²) >= 11 is 6.23. The van der Waals surface area contributed by atoms with Crippen LogP contribution in [0.15, 0.2) is 0 Å². The van der Waals surface area contributed by atoms with E-state index in [0.29, 0.717) is 17.5 Å². The molecule has 1 N–H and O–H groups in total. The van der Waals surface area contributed by atoms with Crippen molar-refractivity contribution in [1.82, 2.24) is 5.32 Å². The van der Waals surface area contributed by atoms with E-state index in [-0.39, 0.29) is 0 Å². The highest BCUT2D eigenvalue weighted by atomic mass is 35.5. The number of hydrogen-bond acceptors (Lipinski definition) is 2. The minimum atomic E-state index is 0.425. The quantitative estimate of drug-likeness (QED) is 0.782. The molecule has 0 bridgehead atoms. The van der Waals surface area contributed by atoms with Gasteiger partial charge in [0, 0.05) is 18.5 Å². The summed E-state index contributed by atoms with van der Waals surface area (Å²) in [5.41, 5.74) is 0. The van der Waals surface area contributed by atoms with Crippen molar-refractivity contribution in [1.29, 1.82) is 0 Å². The molecule has 2 saturated carbocycles. The summed E-state index contributed by atoms with van der Waals surface area (Å²) in [5.74, 6) is 0.800. The smallest absolute Gasteiger partial charge is 0.0586 e. The minimum absolute atomic E-state index is 0.425. The Labute approximate surface area is 110 Å². The monoisotopic (exact) mass is 259 g/mol. The molecule has 0 saturated heterocycles. The van der Waals surface area contributed by atoms with E-state index in [2.05, 4.69) is 5.32 Å². The molecule has 4 atom stereocenters. The van der Waals surface area contributed by atoms with Gasteiger partial charge in [-0.3, -0.25) is 0 Å². The Hall–Kier alpha value is 0.210. The summed E-state index contributed by atoms with van der Waals surface area (Å²) in [6.07, 6.45) is 10.6. The fourth-order valence-corrected chi connectivity index (χ4v) is 3.69. The van der Waals surface area contributed by atoms with Gasteiger partial charge in [-0.2, -0.15) is 0 Å². The second kappa shape index (κ2) is 6.96. The van der Waals surface area contributed by atoms with Crippen LogP contribution >= 0.6 is 11.6 Å². The van der Waals surface area contributed by atoms with Crippen LogP contribution in [0.3, 0.4) is 0 Å². The molecule has 0 radical (unpaired) electrons. The first-order chi connectivity index (χ1) is 8.28. The summed E-state index contributed by atoms with van der Waals surface area (Å²) in [4.78, 5) is 0. The van der Waals surface area contributed by atoms with E-state index < -0.39 is 0 Å². The molecule has 0 aromatic carbocycles. The summed E-state index contributed by atoms with van der Waals surface area (Å²) < 4.78 is 5.47. The van der Waals surface area contributed by atoms with Crippen molar-refractivity contribution in [3.8, 4) is 0 Å². The summed E-state index contributed by atoms with van der Waals surface area (Å²) in [7, 11) is 1.84. The molecule has 0 spiro atoms. The third-order valence-electron chi connectivity index (χ3n) is 4.37. The first-order valence-corrected chi connectivity index (χ1v) is 7.62. The predicted octanol–water partition coefficient (Wildman–Crippen LogP) is 3.33. The number of nitrogens with one attached hydrogen (secondary N) is 1. The zero-order chi connectivity index (χ0) is 12.1. The van der Waals surface area contributed by atoms with Crippen molar-refractivity contribution in [3.63, 3.8) is 0 Å². The molecule has 0 amide bonds. The topological polar surface area (TPSA) is 21.3 Å². The molecular weight excluding hydrogens is 234 g/mol. The normalized spacial score (nSPS) is 39.2. The lowest BCUT2D eigenvalue weighted by Gasteiger charge is -2.32. The third kappa shape index (κ3) is 4.42. The van der Waals surface area contributed by atoms with E-state index in [0.717, 1.165) is 12.5 Å². The van der Waals surface area contributed by atoms with Crippen molar-refractivity contribution in [2.45, 2.75) is 68.9 Å². The molecule has 0 heterocycles. The van der Waals surface area contributed by atoms with E-state index in [1.54, 1.807) is 0 Å². The van der Waals surface area contributed by atoms with Gasteiger partial charge in [0.2, 0.25) is 0 Å². The van der Waals surface area contributed by atoms with Crippen molar-refractivity contribution in [3.05, 3.63) is 0 Å². The average Bonchev–Trinajstić information content (AvgIpc) is 2.37. The number of ether oxygens (including phenoxy) is 1. The first-order valence-electron chi connectivity index (χ1n) is 7.18. The maximum atomic E-state index is 6.23. The molecule has 17 heavy (non-hydrogen) atoms. The minimum Gasteiger partial charge on any atom is -0.381 e. The van der Waals surface area contributed by atoms with Gasteiger partial charge in [-0.05, 0) is 57.4 Å². The van der Waals surface area contributed by atoms with Crippen molar-refractivity contribution >= 4 is 11.6 Å². The van der Waals surface area contributed by atoms with Gasteiger partial charge in [0.25, 0.3) is 0 Å². The van der Waals surface area contributed by atoms with E-state index in [1.165, 1.54) is 51.4 Å². The Bertz CT molecular complexity index is 224. The van der Waals surface area contributed by atoms with Gasteiger partial charge in [-0.15, -0.1) is 11.6 Å². The van der Waals surface area contributed by atoms with Crippen LogP contribution in [0.5, 0.6) is 0 Å². The number of alkyl halides is 1. The van der Waals surface area contributed by atoms with Gasteiger partial charge in [0.1, 0.15) is 0 Å². The molecular formula is C14H26ClNO. The van der Waals surface area contributed by atoms with Gasteiger partial charge < -0.3 is 10.1 Å². The largest absolute Gasteiger partial charge is 0.381 e. The lowest BCUT2D eigenvalue weighted by molar-refractivity contribution is 0.0579. The van der Waals surface area contributed by atoms with Crippen LogP contribution in [0.4, 0.5) is 0 Å². The van der Waals surface area contributed by atoms with Gasteiger partial charge in [-0.25, -0.2) is 0 Å². The highest BCUT2D eigenvalue weighted by Gasteiger charge is 2.24. The molecule has 0 aromatic rings. The van der Waals surface area contributed by atoms with Gasteiger partial charge >= 0.3 is 0 Å². The molecule has 0 aliphatic heterocycles. The van der Waals surface area contributed by atoms with E-state index >= 15 is 0 Å². The lowest BCUT2D eigenvalue weighted by Crippen LogP contribution is -2.40. The molecule has 2 aliphatic carbocycles. The Morgan fingerprint density at radius 3 is 2.71 bits per heavy atom. The maximum Gasteiger partial charge on any atom is 0.0586 e. The van der Waals surface area contributed by atoms with Crippen LogP contribution in [0, 0.1) is 5.92 Å². The van der Waals surface area contributed by atoms with Crippen LogP contribution < -0.4 is 5.32 Å². The highest BCUT2D eigenvalue weighted by Crippen LogP contribution is 2.28. The second-order valence-electron chi connectivity index (χ2n) is 5.76. The average molecular weight is 260 g/mol. The Balaban J connectivity index is 1.66. The van der Waals surface area contributed by atoms with Gasteiger partial charge in [0.15, 0.2) is 0 Å². The van der Waals surface area contributed by atoms with Gasteiger partial charge in [-0.1, -0.05) is 6.42 Å². The molecule has 2 nitrogen and oxygen atoms in total. The fraction of sp³-hybridized carbons (Fsp3) is 1.00. The maximum absolute atomic E-state index is 6.23. The van der Waals surface area contributed by atoms with Crippen molar-refractivity contribution < 1.29 is 4.74 Å². The van der Waals surface area contributed by atoms with Crippen LogP contribution in [0.1, 0.15) is 51.4 Å². The van der Waals surface area contributed by atoms with E-state index in [9.17, 15) is 0 Å². The van der Waals surface area contributed by atoms with Crippen molar-refractivity contribution in [2.24, 2.45) is 5.92 Å². The Kier molecular flexibility index (Phi) is 5.58. The summed E-state index contributed by atoms with van der Waals surface area (Å²) in [6, 6.07) is 0.671. The molecule has 2 aliphatic rings. The molecule has 100 valence electrons. The van der Waals surface area contributed by atoms with Crippen LogP contribution in [-0.2, 0) is 4.74 Å². The number of methoxy groups -OCH3 is 1. The molecule has 2 rings (SSSR count). The summed E-state index contributed by atoms with van der Waals surface area (Å²) in [6.45, 7) is 1.16. The van der Waals surface area contributed by atoms with Crippen LogP contribution in [0.25, 0.3) is 0 Å². The SMILES string of the molecule is COC1CCCC(NCC2CCCC(Cl)C2)C1. The van der Waals surface area contributed by atoms with E-state index in [1.807, 2.05) is 7.11 Å². The van der Waals surface area contributed by atoms with Crippen LogP contribution in [0.2, 0.25) is 0 Å². The molecule has 2 fully saturated rings. The number of rotatable bonds is 4. The van der Waals surface area contributed by atoms with Crippen LogP contribution in [-0.4, -0.2) is 31.2 Å². The Morgan fingerprint density at radius 1 is 1.12 bits per heavy atom. The number of hydrogen-bond donors (Lipinski definition) is 1. The molecule has 4 unspecified atom stereocenters. The zero-order valence-electron chi connectivity index (χ0n) is 11.0. The molecule has 0 aromatic heterocycles. The first kappa shape index (κ1) is 13.6. The zero-order valence-corrected chi connectivity index (χ0v) is 11.7.